The van der Waals surface area contributed by atoms with Crippen molar-refractivity contribution < 1.29 is 9.53 Å². The Balaban J connectivity index is 1.68. The van der Waals surface area contributed by atoms with Gasteiger partial charge >= 0.3 is 6.09 Å². The number of carbonyl (C=O) groups excluding carboxylic acids is 1. The van der Waals surface area contributed by atoms with Crippen molar-refractivity contribution in [3.05, 3.63) is 0 Å². The largest absolute Gasteiger partial charge is 0.444 e. The molecule has 1 saturated carbocycles. The molecule has 0 radical (unpaired) electrons. The maximum atomic E-state index is 12.1. The summed E-state index contributed by atoms with van der Waals surface area (Å²) in [6, 6.07) is 1.22. The van der Waals surface area contributed by atoms with Crippen LogP contribution in [0.15, 0.2) is 0 Å². The number of rotatable bonds is 5. The van der Waals surface area contributed by atoms with E-state index < -0.39 is 5.60 Å². The summed E-state index contributed by atoms with van der Waals surface area (Å²) < 4.78 is 5.46. The van der Waals surface area contributed by atoms with E-state index in [1.807, 2.05) is 25.7 Å². The number of piperidine rings is 1. The summed E-state index contributed by atoms with van der Waals surface area (Å²) >= 11 is 0. The zero-order valence-electron chi connectivity index (χ0n) is 14.0. The van der Waals surface area contributed by atoms with Gasteiger partial charge in [0.25, 0.3) is 0 Å². The molecular weight excluding hydrogens is 266 g/mol. The van der Waals surface area contributed by atoms with Gasteiger partial charge in [-0.25, -0.2) is 4.79 Å². The Morgan fingerprint density at radius 1 is 1.33 bits per heavy atom. The lowest BCUT2D eigenvalue weighted by Gasteiger charge is -2.34. The highest BCUT2D eigenvalue weighted by Crippen LogP contribution is 2.24. The number of likely N-dealkylation sites (tertiary alicyclic amines) is 1. The number of carbonyl (C=O) groups is 1. The number of ether oxygens (including phenoxy) is 1. The smallest absolute Gasteiger partial charge is 0.410 e. The molecule has 0 spiro atoms. The Hall–Kier alpha value is -0.810. The minimum atomic E-state index is -0.412. The van der Waals surface area contributed by atoms with E-state index in [4.69, 9.17) is 4.74 Å². The number of nitrogens with zero attached hydrogens (tertiary/aromatic N) is 2. The van der Waals surface area contributed by atoms with Crippen molar-refractivity contribution in [3.8, 4) is 0 Å². The number of amides is 1. The van der Waals surface area contributed by atoms with Crippen LogP contribution in [0.1, 0.15) is 46.5 Å². The Morgan fingerprint density at radius 3 is 2.67 bits per heavy atom. The molecule has 1 aliphatic carbocycles. The summed E-state index contributed by atoms with van der Waals surface area (Å²) in [4.78, 5) is 16.4. The lowest BCUT2D eigenvalue weighted by molar-refractivity contribution is 0.0187. The number of nitrogens with one attached hydrogen (secondary N) is 1. The van der Waals surface area contributed by atoms with Crippen LogP contribution < -0.4 is 5.32 Å². The van der Waals surface area contributed by atoms with E-state index >= 15 is 0 Å². The van der Waals surface area contributed by atoms with E-state index in [0.717, 1.165) is 45.1 Å². The van der Waals surface area contributed by atoms with Crippen molar-refractivity contribution >= 4 is 6.09 Å². The minimum absolute atomic E-state index is 0.177. The van der Waals surface area contributed by atoms with Crippen molar-refractivity contribution in [1.29, 1.82) is 0 Å². The van der Waals surface area contributed by atoms with Crippen LogP contribution in [0.3, 0.4) is 0 Å². The molecule has 1 atom stereocenters. The van der Waals surface area contributed by atoms with Crippen molar-refractivity contribution in [1.82, 2.24) is 15.1 Å². The number of hydrogen-bond donors (Lipinski definition) is 1. The second kappa shape index (κ2) is 6.97. The Bertz CT molecular complexity index is 350. The van der Waals surface area contributed by atoms with E-state index in [0.29, 0.717) is 6.04 Å². The van der Waals surface area contributed by atoms with Crippen LogP contribution >= 0.6 is 0 Å². The summed E-state index contributed by atoms with van der Waals surface area (Å²) in [7, 11) is 2.20. The van der Waals surface area contributed by atoms with Gasteiger partial charge in [-0.2, -0.15) is 0 Å². The summed E-state index contributed by atoms with van der Waals surface area (Å²) in [5.74, 6) is 0. The highest BCUT2D eigenvalue weighted by atomic mass is 16.6. The fraction of sp³-hybridized carbons (Fsp3) is 0.938. The van der Waals surface area contributed by atoms with Crippen molar-refractivity contribution in [3.63, 3.8) is 0 Å². The first-order valence-corrected chi connectivity index (χ1v) is 8.27. The third kappa shape index (κ3) is 5.83. The Morgan fingerprint density at radius 2 is 2.05 bits per heavy atom. The van der Waals surface area contributed by atoms with Gasteiger partial charge in [0.15, 0.2) is 0 Å². The van der Waals surface area contributed by atoms with Crippen molar-refractivity contribution in [2.75, 3.05) is 33.2 Å². The molecule has 2 fully saturated rings. The summed E-state index contributed by atoms with van der Waals surface area (Å²) in [6.07, 6.45) is 4.73. The SMILES string of the molecule is CN(CCNC1CCCN(C(=O)OC(C)(C)C)C1)C1CC1. The van der Waals surface area contributed by atoms with Crippen LogP contribution in [-0.4, -0.2) is 66.8 Å². The molecule has 2 aliphatic rings. The summed E-state index contributed by atoms with van der Waals surface area (Å²) in [5.41, 5.74) is -0.412. The number of likely N-dealkylation sites (N-methyl/N-ethyl adjacent to an activating group) is 1. The molecule has 0 bridgehead atoms. The van der Waals surface area contributed by atoms with Gasteiger partial charge in [0.1, 0.15) is 5.60 Å². The first-order valence-electron chi connectivity index (χ1n) is 8.27. The van der Waals surface area contributed by atoms with Crippen LogP contribution in [0.5, 0.6) is 0 Å². The molecule has 0 aromatic heterocycles. The van der Waals surface area contributed by atoms with Gasteiger partial charge in [-0.15, -0.1) is 0 Å². The lowest BCUT2D eigenvalue weighted by Crippen LogP contribution is -2.50. The standard InChI is InChI=1S/C16H31N3O2/c1-16(2,3)21-15(20)19-10-5-6-13(12-19)17-9-11-18(4)14-7-8-14/h13-14,17H,5-12H2,1-4H3. The van der Waals surface area contributed by atoms with Gasteiger partial charge in [-0.3, -0.25) is 0 Å². The van der Waals surface area contributed by atoms with Crippen molar-refractivity contribution in [2.24, 2.45) is 0 Å². The van der Waals surface area contributed by atoms with Crippen LogP contribution in [0.2, 0.25) is 0 Å². The molecule has 5 heteroatoms. The van der Waals surface area contributed by atoms with Gasteiger partial charge in [-0.1, -0.05) is 0 Å². The van der Waals surface area contributed by atoms with E-state index in [1.54, 1.807) is 0 Å². The summed E-state index contributed by atoms with van der Waals surface area (Å²) in [5, 5.41) is 3.59. The van der Waals surface area contributed by atoms with E-state index in [1.165, 1.54) is 12.8 Å². The molecule has 21 heavy (non-hydrogen) atoms. The summed E-state index contributed by atoms with van der Waals surface area (Å²) in [6.45, 7) is 9.42. The Labute approximate surface area is 129 Å². The van der Waals surface area contributed by atoms with Crippen LogP contribution in [0.4, 0.5) is 4.79 Å². The predicted molar refractivity (Wildman–Crippen MR) is 84.5 cm³/mol. The third-order valence-corrected chi connectivity index (χ3v) is 4.14. The quantitative estimate of drug-likeness (QED) is 0.844. The maximum absolute atomic E-state index is 12.1. The fourth-order valence-electron chi connectivity index (χ4n) is 2.78. The maximum Gasteiger partial charge on any atom is 0.410 e. The topological polar surface area (TPSA) is 44.8 Å². The van der Waals surface area contributed by atoms with Gasteiger partial charge < -0.3 is 19.9 Å². The molecule has 1 N–H and O–H groups in total. The molecule has 1 saturated heterocycles. The van der Waals surface area contributed by atoms with E-state index in [2.05, 4.69) is 17.3 Å². The first-order chi connectivity index (χ1) is 9.85. The number of hydrogen-bond acceptors (Lipinski definition) is 4. The van der Waals surface area contributed by atoms with Gasteiger partial charge in [0, 0.05) is 38.3 Å². The van der Waals surface area contributed by atoms with Crippen LogP contribution in [0, 0.1) is 0 Å². The monoisotopic (exact) mass is 297 g/mol. The second-order valence-electron chi connectivity index (χ2n) is 7.43. The van der Waals surface area contributed by atoms with Crippen molar-refractivity contribution in [2.45, 2.75) is 64.1 Å². The van der Waals surface area contributed by atoms with Gasteiger partial charge in [0.2, 0.25) is 0 Å². The highest BCUT2D eigenvalue weighted by molar-refractivity contribution is 5.68. The van der Waals surface area contributed by atoms with Gasteiger partial charge in [0.05, 0.1) is 0 Å². The zero-order chi connectivity index (χ0) is 15.5. The van der Waals surface area contributed by atoms with E-state index in [9.17, 15) is 4.79 Å². The molecule has 1 heterocycles. The average Bonchev–Trinajstić information content (AvgIpc) is 3.21. The van der Waals surface area contributed by atoms with Gasteiger partial charge in [-0.05, 0) is 53.5 Å². The minimum Gasteiger partial charge on any atom is -0.444 e. The van der Waals surface area contributed by atoms with Crippen LogP contribution in [0.25, 0.3) is 0 Å². The first kappa shape index (κ1) is 16.6. The molecule has 0 aromatic rings. The molecular formula is C16H31N3O2. The Kier molecular flexibility index (Phi) is 5.49. The normalized spacial score (nSPS) is 23.5. The predicted octanol–water partition coefficient (Wildman–Crippen LogP) is 2.07. The van der Waals surface area contributed by atoms with Crippen LogP contribution in [-0.2, 0) is 4.74 Å². The zero-order valence-corrected chi connectivity index (χ0v) is 14.0. The van der Waals surface area contributed by atoms with E-state index in [-0.39, 0.29) is 6.09 Å². The lowest BCUT2D eigenvalue weighted by atomic mass is 10.1. The second-order valence-corrected chi connectivity index (χ2v) is 7.43. The average molecular weight is 297 g/mol. The third-order valence-electron chi connectivity index (χ3n) is 4.14. The molecule has 122 valence electrons. The molecule has 1 amide bonds. The highest BCUT2D eigenvalue weighted by Gasteiger charge is 2.28. The molecule has 0 aromatic carbocycles. The molecule has 2 rings (SSSR count). The molecule has 1 unspecified atom stereocenters. The fourth-order valence-corrected chi connectivity index (χ4v) is 2.78. The molecule has 1 aliphatic heterocycles. The molecule has 5 nitrogen and oxygen atoms in total.